The molecule has 0 aromatic heterocycles. The van der Waals surface area contributed by atoms with Crippen LogP contribution in [0.15, 0.2) is 36.4 Å². The van der Waals surface area contributed by atoms with Crippen LogP contribution in [0, 0.1) is 35.0 Å². The molecule has 322 valence electrons. The summed E-state index contributed by atoms with van der Waals surface area (Å²) in [6.45, 7) is 17.5. The number of fused-ring (bicyclic) bond motifs is 2. The summed E-state index contributed by atoms with van der Waals surface area (Å²) >= 11 is 0. The highest BCUT2D eigenvalue weighted by Crippen LogP contribution is 2.61. The number of carbonyl (C=O) groups excluding carboxylic acids is 2. The van der Waals surface area contributed by atoms with Gasteiger partial charge in [0, 0.05) is 80.2 Å². The van der Waals surface area contributed by atoms with Crippen molar-refractivity contribution in [1.29, 1.82) is 0 Å². The van der Waals surface area contributed by atoms with Crippen molar-refractivity contribution in [1.82, 2.24) is 20.6 Å². The molecule has 7 rings (SSSR count). The Bertz CT molecular complexity index is 1720. The molecular weight excluding hydrogens is 737 g/mol. The molecule has 2 amide bonds. The summed E-state index contributed by atoms with van der Waals surface area (Å²) in [7, 11) is 3.51. The number of nitrogens with zero attached hydrogens (tertiary/aromatic N) is 3. The van der Waals surface area contributed by atoms with Gasteiger partial charge in [-0.15, -0.1) is 0 Å². The van der Waals surface area contributed by atoms with E-state index in [1.807, 2.05) is 48.3 Å². The van der Waals surface area contributed by atoms with Crippen LogP contribution in [0.2, 0.25) is 0 Å². The molecule has 13 heteroatoms. The fourth-order valence-electron chi connectivity index (χ4n) is 10.4. The molecule has 3 saturated carbocycles. The Balaban J connectivity index is 1.29. The van der Waals surface area contributed by atoms with Gasteiger partial charge in [0.1, 0.15) is 11.8 Å². The van der Waals surface area contributed by atoms with Crippen LogP contribution < -0.4 is 26.0 Å². The number of hydroxylamine groups is 2. The highest BCUT2D eigenvalue weighted by Gasteiger charge is 2.57. The third-order valence-electron chi connectivity index (χ3n) is 13.8. The van der Waals surface area contributed by atoms with E-state index >= 15 is 0 Å². The predicted molar refractivity (Wildman–Crippen MR) is 226 cm³/mol. The van der Waals surface area contributed by atoms with E-state index in [0.717, 1.165) is 54.9 Å². The first kappa shape index (κ1) is 44.3. The lowest BCUT2D eigenvalue weighted by molar-refractivity contribution is -0.175. The van der Waals surface area contributed by atoms with Crippen LogP contribution >= 0.6 is 0 Å². The van der Waals surface area contributed by atoms with Crippen LogP contribution in [0.3, 0.4) is 0 Å². The molecule has 0 radical (unpaired) electrons. The molecule has 0 unspecified atom stereocenters. The van der Waals surface area contributed by atoms with Gasteiger partial charge in [0.25, 0.3) is 5.91 Å². The second-order valence-corrected chi connectivity index (χ2v) is 18.4. The summed E-state index contributed by atoms with van der Waals surface area (Å²) in [5.74, 6) is 1.60. The van der Waals surface area contributed by atoms with E-state index in [4.69, 9.17) is 20.0 Å². The van der Waals surface area contributed by atoms with E-state index in [0.29, 0.717) is 54.7 Å². The Morgan fingerprint density at radius 3 is 2.48 bits per heavy atom. The van der Waals surface area contributed by atoms with E-state index in [9.17, 15) is 19.8 Å². The highest BCUT2D eigenvalue weighted by atomic mass is 16.7. The minimum Gasteiger partial charge on any atom is -0.496 e. The first-order valence-corrected chi connectivity index (χ1v) is 21.5. The van der Waals surface area contributed by atoms with E-state index in [1.165, 1.54) is 6.42 Å². The first-order chi connectivity index (χ1) is 27.7. The van der Waals surface area contributed by atoms with E-state index < -0.39 is 24.2 Å². The molecule has 2 aliphatic heterocycles. The van der Waals surface area contributed by atoms with Crippen LogP contribution in [0.1, 0.15) is 76.7 Å². The molecule has 2 aromatic carbocycles. The standard InChI is InChI=1S/C45H70N6O7/c1-27(2)18-34(26-50-13-16-57-17-14-50)47-43(54)32-19-31(20-35(21-32)49(7)12-15-52)36-11-9-10-30(42(36)56-8)25-51-41(40(29(4)53)39(24-46)58-51)44(55)48-38-23-33-22-37(28(38)3)45(33,5)6/h9-11,19-21,27-29,33-34,37-41,52-53H,12-18,22-26,46H2,1-8H3,(H,47,54)(H,48,55)/t28-,29-,33-,34-,37+,38-,39-,40+,41-/m0/s1. The average Bonchev–Trinajstić information content (AvgIpc) is 3.57. The fraction of sp³-hybridized carbons (Fsp3) is 0.689. The van der Waals surface area contributed by atoms with Crippen LogP contribution in [-0.4, -0.2) is 129 Å². The lowest BCUT2D eigenvalue weighted by atomic mass is 9.45. The number of likely N-dealkylation sites (N-methyl/N-ethyl adjacent to an activating group) is 1. The number of hydrogen-bond acceptors (Lipinski definition) is 11. The van der Waals surface area contributed by atoms with Crippen LogP contribution in [0.25, 0.3) is 11.1 Å². The van der Waals surface area contributed by atoms with Crippen LogP contribution in [0.4, 0.5) is 5.69 Å². The van der Waals surface area contributed by atoms with Gasteiger partial charge in [-0.3, -0.25) is 19.3 Å². The van der Waals surface area contributed by atoms with Crippen molar-refractivity contribution < 1.29 is 34.1 Å². The van der Waals surface area contributed by atoms with Crippen molar-refractivity contribution in [3.05, 3.63) is 47.5 Å². The molecule has 5 aliphatic rings. The molecule has 5 fully saturated rings. The number of nitrogens with two attached hydrogens (primary N) is 1. The molecule has 2 bridgehead atoms. The maximum atomic E-state index is 14.4. The van der Waals surface area contributed by atoms with Gasteiger partial charge in [-0.2, -0.15) is 5.06 Å². The number of nitrogens with one attached hydrogen (secondary N) is 2. The van der Waals surface area contributed by atoms with E-state index in [1.54, 1.807) is 19.1 Å². The summed E-state index contributed by atoms with van der Waals surface area (Å²) in [5.41, 5.74) is 10.1. The van der Waals surface area contributed by atoms with Gasteiger partial charge in [-0.05, 0) is 79.0 Å². The third-order valence-corrected chi connectivity index (χ3v) is 13.8. The smallest absolute Gasteiger partial charge is 0.251 e. The Morgan fingerprint density at radius 2 is 1.86 bits per heavy atom. The lowest BCUT2D eigenvalue weighted by Gasteiger charge is -2.62. The number of morpholine rings is 1. The quantitative estimate of drug-likeness (QED) is 0.158. The first-order valence-electron chi connectivity index (χ1n) is 21.5. The van der Waals surface area contributed by atoms with Crippen LogP contribution in [-0.2, 0) is 20.9 Å². The number of carbonyl (C=O) groups is 2. The average molecular weight is 807 g/mol. The number of benzene rings is 2. The minimum absolute atomic E-state index is 0.0435. The van der Waals surface area contributed by atoms with Gasteiger partial charge in [0.15, 0.2) is 0 Å². The van der Waals surface area contributed by atoms with Crippen molar-refractivity contribution in [3.63, 3.8) is 0 Å². The number of para-hydroxylation sites is 1. The Kier molecular flexibility index (Phi) is 14.5. The molecular formula is C45H70N6O7. The molecule has 6 N–H and O–H groups in total. The summed E-state index contributed by atoms with van der Waals surface area (Å²) in [4.78, 5) is 39.2. The van der Waals surface area contributed by atoms with Gasteiger partial charge in [0.05, 0.1) is 45.7 Å². The molecule has 0 spiro atoms. The summed E-state index contributed by atoms with van der Waals surface area (Å²) in [5, 5.41) is 29.3. The molecule has 2 saturated heterocycles. The molecule has 2 heterocycles. The number of aliphatic hydroxyl groups is 2. The number of rotatable bonds is 17. The SMILES string of the molecule is COc1c(CN2O[C@@H](CN)[C@@H]([C@H](C)O)[C@H]2C(=O)N[C@H]2C[C@@H]3C[C@H]([C@@H]2C)C3(C)C)cccc1-c1cc(C(=O)N[C@@H](CC(C)C)CN2CCOCC2)cc(N(C)CCO)c1. The Hall–Kier alpha value is -3.30. The topological polar surface area (TPSA) is 162 Å². The largest absolute Gasteiger partial charge is 0.496 e. The second kappa shape index (κ2) is 19.0. The van der Waals surface area contributed by atoms with Crippen molar-refractivity contribution in [2.75, 3.05) is 71.6 Å². The number of amides is 2. The molecule has 2 aromatic rings. The molecule has 3 aliphatic carbocycles. The summed E-state index contributed by atoms with van der Waals surface area (Å²) in [6, 6.07) is 10.8. The predicted octanol–water partition coefficient (Wildman–Crippen LogP) is 3.89. The number of ether oxygens (including phenoxy) is 2. The number of aliphatic hydroxyl groups excluding tert-OH is 2. The van der Waals surface area contributed by atoms with Crippen molar-refractivity contribution in [2.45, 2.75) is 97.7 Å². The summed E-state index contributed by atoms with van der Waals surface area (Å²) < 4.78 is 11.7. The fourth-order valence-corrected chi connectivity index (χ4v) is 10.4. The van der Waals surface area contributed by atoms with Crippen molar-refractivity contribution in [3.8, 4) is 16.9 Å². The monoisotopic (exact) mass is 807 g/mol. The molecule has 9 atom stereocenters. The molecule has 13 nitrogen and oxygen atoms in total. The lowest BCUT2D eigenvalue weighted by Crippen LogP contribution is -2.62. The number of hydrogen-bond donors (Lipinski definition) is 5. The van der Waals surface area contributed by atoms with E-state index in [-0.39, 0.29) is 49.0 Å². The Morgan fingerprint density at radius 1 is 1.12 bits per heavy atom. The van der Waals surface area contributed by atoms with Gasteiger partial charge < -0.3 is 41.0 Å². The van der Waals surface area contributed by atoms with Gasteiger partial charge in [0.2, 0.25) is 5.91 Å². The summed E-state index contributed by atoms with van der Waals surface area (Å²) in [6.07, 6.45) is 1.60. The maximum Gasteiger partial charge on any atom is 0.251 e. The number of anilines is 1. The Labute approximate surface area is 345 Å². The number of methoxy groups -OCH3 is 1. The normalized spacial score (nSPS) is 28.1. The highest BCUT2D eigenvalue weighted by molar-refractivity contribution is 5.97. The second-order valence-electron chi connectivity index (χ2n) is 18.4. The zero-order valence-corrected chi connectivity index (χ0v) is 36.1. The van der Waals surface area contributed by atoms with Gasteiger partial charge in [-0.1, -0.05) is 52.8 Å². The van der Waals surface area contributed by atoms with Gasteiger partial charge >= 0.3 is 0 Å². The molecule has 58 heavy (non-hydrogen) atoms. The van der Waals surface area contributed by atoms with Crippen molar-refractivity contribution >= 4 is 17.5 Å². The van der Waals surface area contributed by atoms with E-state index in [2.05, 4.69) is 50.2 Å². The zero-order valence-electron chi connectivity index (χ0n) is 36.1. The van der Waals surface area contributed by atoms with Gasteiger partial charge in [-0.25, -0.2) is 0 Å². The maximum absolute atomic E-state index is 14.4. The van der Waals surface area contributed by atoms with Crippen LogP contribution in [0.5, 0.6) is 5.75 Å². The third kappa shape index (κ3) is 9.51. The zero-order chi connectivity index (χ0) is 41.9. The van der Waals surface area contributed by atoms with Crippen molar-refractivity contribution in [2.24, 2.45) is 40.7 Å². The minimum atomic E-state index is -0.837.